The van der Waals surface area contributed by atoms with Crippen LogP contribution in [0.5, 0.6) is 0 Å². The van der Waals surface area contributed by atoms with Crippen molar-refractivity contribution in [2.75, 3.05) is 7.05 Å². The van der Waals surface area contributed by atoms with Crippen molar-refractivity contribution in [2.45, 2.75) is 80.6 Å². The molecule has 23 heavy (non-hydrogen) atoms. The summed E-state index contributed by atoms with van der Waals surface area (Å²) in [5.41, 5.74) is 4.98. The third kappa shape index (κ3) is 7.28. The van der Waals surface area contributed by atoms with Crippen molar-refractivity contribution < 1.29 is 0 Å². The molecular formula is C21H38N2. The van der Waals surface area contributed by atoms with Gasteiger partial charge in [-0.05, 0) is 41.7 Å². The minimum atomic E-state index is 0.430. The fraction of sp³-hybridized carbons (Fsp3) is 0.714. The first-order chi connectivity index (χ1) is 10.6. The molecule has 0 bridgehead atoms. The van der Waals surface area contributed by atoms with Crippen LogP contribution < -0.4 is 0 Å². The van der Waals surface area contributed by atoms with Crippen molar-refractivity contribution in [3.05, 3.63) is 29.1 Å². The summed E-state index contributed by atoms with van der Waals surface area (Å²) in [6.45, 7) is 19.8. The summed E-state index contributed by atoms with van der Waals surface area (Å²) in [5, 5.41) is 0. The topological polar surface area (TPSA) is 25.2 Å². The maximum Gasteiger partial charge on any atom is 0.0460 e. The summed E-state index contributed by atoms with van der Waals surface area (Å²) >= 11 is 0. The van der Waals surface area contributed by atoms with Gasteiger partial charge in [0.15, 0.2) is 0 Å². The van der Waals surface area contributed by atoms with Gasteiger partial charge >= 0.3 is 0 Å². The lowest BCUT2D eigenvalue weighted by Gasteiger charge is -2.20. The molecule has 1 rings (SSSR count). The van der Waals surface area contributed by atoms with Crippen molar-refractivity contribution in [3.63, 3.8) is 0 Å². The third-order valence-electron chi connectivity index (χ3n) is 3.76. The van der Waals surface area contributed by atoms with Crippen LogP contribution in [0.2, 0.25) is 0 Å². The molecule has 1 aromatic heterocycles. The molecule has 0 aromatic carbocycles. The van der Waals surface area contributed by atoms with Crippen LogP contribution in [0.1, 0.15) is 97.4 Å². The Labute approximate surface area is 144 Å². The van der Waals surface area contributed by atoms with E-state index in [-0.39, 0.29) is 0 Å². The van der Waals surface area contributed by atoms with Gasteiger partial charge in [0.25, 0.3) is 0 Å². The average molecular weight is 319 g/mol. The van der Waals surface area contributed by atoms with Gasteiger partial charge in [0, 0.05) is 30.2 Å². The van der Waals surface area contributed by atoms with Gasteiger partial charge in [0.2, 0.25) is 0 Å². The molecule has 1 atom stereocenters. The Hall–Kier alpha value is -1.18. The van der Waals surface area contributed by atoms with Gasteiger partial charge in [-0.3, -0.25) is 9.98 Å². The van der Waals surface area contributed by atoms with Gasteiger partial charge < -0.3 is 0 Å². The van der Waals surface area contributed by atoms with Gasteiger partial charge in [-0.1, -0.05) is 62.3 Å². The van der Waals surface area contributed by atoms with Gasteiger partial charge in [-0.2, -0.15) is 0 Å². The van der Waals surface area contributed by atoms with Crippen molar-refractivity contribution in [1.82, 2.24) is 4.98 Å². The SMILES string of the molecule is CC(C)C.CCC(C)c1cc(C(C)C)ncc1C(=NC)C(C)C. The minimum Gasteiger partial charge on any atom is -0.292 e. The van der Waals surface area contributed by atoms with Gasteiger partial charge in [0.05, 0.1) is 0 Å². The summed E-state index contributed by atoms with van der Waals surface area (Å²) in [5.74, 6) is 2.28. The van der Waals surface area contributed by atoms with E-state index in [1.54, 1.807) is 0 Å². The quantitative estimate of drug-likeness (QED) is 0.572. The first kappa shape index (κ1) is 21.8. The van der Waals surface area contributed by atoms with Gasteiger partial charge in [0.1, 0.15) is 0 Å². The average Bonchev–Trinajstić information content (AvgIpc) is 2.46. The highest BCUT2D eigenvalue weighted by Gasteiger charge is 2.17. The molecule has 0 aliphatic heterocycles. The lowest BCUT2D eigenvalue weighted by molar-refractivity contribution is 0.719. The second kappa shape index (κ2) is 10.6. The third-order valence-corrected chi connectivity index (χ3v) is 3.76. The normalized spacial score (nSPS) is 13.3. The van der Waals surface area contributed by atoms with E-state index in [4.69, 9.17) is 0 Å². The summed E-state index contributed by atoms with van der Waals surface area (Å²) in [4.78, 5) is 9.11. The first-order valence-electron chi connectivity index (χ1n) is 9.12. The highest BCUT2D eigenvalue weighted by atomic mass is 14.7. The Kier molecular flexibility index (Phi) is 10.0. The van der Waals surface area contributed by atoms with Crippen LogP contribution in [-0.2, 0) is 0 Å². The Bertz CT molecular complexity index is 482. The maximum atomic E-state index is 4.63. The van der Waals surface area contributed by atoms with Gasteiger partial charge in [-0.15, -0.1) is 0 Å². The lowest BCUT2D eigenvalue weighted by atomic mass is 9.88. The zero-order valence-corrected chi connectivity index (χ0v) is 17.1. The van der Waals surface area contributed by atoms with E-state index in [2.05, 4.69) is 78.4 Å². The number of nitrogens with zero attached hydrogens (tertiary/aromatic N) is 2. The largest absolute Gasteiger partial charge is 0.292 e. The molecule has 1 aromatic rings. The molecule has 0 radical (unpaired) electrons. The number of aromatic nitrogens is 1. The molecule has 0 aliphatic rings. The van der Waals surface area contributed by atoms with Crippen molar-refractivity contribution >= 4 is 5.71 Å². The molecule has 0 N–H and O–H groups in total. The molecule has 0 fully saturated rings. The number of rotatable bonds is 5. The summed E-state index contributed by atoms with van der Waals surface area (Å²) in [7, 11) is 1.88. The van der Waals surface area contributed by atoms with Crippen LogP contribution in [-0.4, -0.2) is 17.7 Å². The lowest BCUT2D eigenvalue weighted by Crippen LogP contribution is -2.15. The molecule has 132 valence electrons. The second-order valence-electron chi connectivity index (χ2n) is 7.66. The van der Waals surface area contributed by atoms with Crippen molar-refractivity contribution in [2.24, 2.45) is 16.8 Å². The Morgan fingerprint density at radius 1 is 1.04 bits per heavy atom. The van der Waals surface area contributed by atoms with Crippen LogP contribution in [0, 0.1) is 11.8 Å². The fourth-order valence-corrected chi connectivity index (χ4v) is 2.34. The number of aliphatic imine (C=N–C) groups is 1. The van der Waals surface area contributed by atoms with Crippen LogP contribution in [0.25, 0.3) is 0 Å². The molecule has 0 aliphatic carbocycles. The zero-order chi connectivity index (χ0) is 18.2. The van der Waals surface area contributed by atoms with Crippen molar-refractivity contribution in [1.29, 1.82) is 0 Å². The summed E-state index contributed by atoms with van der Waals surface area (Å²) < 4.78 is 0. The van der Waals surface area contributed by atoms with E-state index in [0.29, 0.717) is 17.8 Å². The van der Waals surface area contributed by atoms with Crippen LogP contribution in [0.3, 0.4) is 0 Å². The van der Waals surface area contributed by atoms with E-state index >= 15 is 0 Å². The summed E-state index contributed by atoms with van der Waals surface area (Å²) in [6.07, 6.45) is 3.17. The smallest absolute Gasteiger partial charge is 0.0460 e. The van der Waals surface area contributed by atoms with Gasteiger partial charge in [-0.25, -0.2) is 0 Å². The molecule has 0 amide bonds. The van der Waals surface area contributed by atoms with Crippen LogP contribution in [0.15, 0.2) is 17.3 Å². The molecule has 2 nitrogen and oxygen atoms in total. The Morgan fingerprint density at radius 3 is 1.91 bits per heavy atom. The van der Waals surface area contributed by atoms with E-state index in [0.717, 1.165) is 18.1 Å². The standard InChI is InChI=1S/C17H28N2.C4H10/c1-8-13(6)14-9-16(11(2)3)19-10-15(14)17(18-7)12(4)5;1-4(2)3/h9-13H,8H2,1-7H3;4H,1-3H3. The Morgan fingerprint density at radius 2 is 1.57 bits per heavy atom. The molecule has 0 spiro atoms. The van der Waals surface area contributed by atoms with E-state index in [9.17, 15) is 0 Å². The van der Waals surface area contributed by atoms with E-state index in [1.165, 1.54) is 16.8 Å². The monoisotopic (exact) mass is 318 g/mol. The predicted molar refractivity (Wildman–Crippen MR) is 105 cm³/mol. The van der Waals surface area contributed by atoms with Crippen LogP contribution in [0.4, 0.5) is 0 Å². The highest BCUT2D eigenvalue weighted by molar-refractivity contribution is 6.03. The Balaban J connectivity index is 0.00000108. The minimum absolute atomic E-state index is 0.430. The maximum absolute atomic E-state index is 4.63. The molecule has 1 heterocycles. The number of pyridine rings is 1. The summed E-state index contributed by atoms with van der Waals surface area (Å²) in [6, 6.07) is 2.28. The first-order valence-corrected chi connectivity index (χ1v) is 9.12. The van der Waals surface area contributed by atoms with Crippen molar-refractivity contribution in [3.8, 4) is 0 Å². The number of hydrogen-bond acceptors (Lipinski definition) is 2. The van der Waals surface area contributed by atoms with E-state index < -0.39 is 0 Å². The second-order valence-corrected chi connectivity index (χ2v) is 7.66. The predicted octanol–water partition coefficient (Wildman–Crippen LogP) is 6.46. The fourth-order valence-electron chi connectivity index (χ4n) is 2.34. The molecule has 0 saturated heterocycles. The molecule has 1 unspecified atom stereocenters. The zero-order valence-electron chi connectivity index (χ0n) is 17.1. The molecule has 0 saturated carbocycles. The van der Waals surface area contributed by atoms with Crippen LogP contribution >= 0.6 is 0 Å². The highest BCUT2D eigenvalue weighted by Crippen LogP contribution is 2.27. The molecule has 2 heteroatoms. The molecular weight excluding hydrogens is 280 g/mol. The van der Waals surface area contributed by atoms with E-state index in [1.807, 2.05) is 13.2 Å². The number of hydrogen-bond donors (Lipinski definition) is 0.